The van der Waals surface area contributed by atoms with Gasteiger partial charge in [0.05, 0.1) is 0 Å². The first-order chi connectivity index (χ1) is 8.33. The van der Waals surface area contributed by atoms with E-state index in [1.54, 1.807) is 0 Å². The molecule has 2 heteroatoms. The Bertz CT molecular complexity index is 522. The van der Waals surface area contributed by atoms with Gasteiger partial charge in [-0.05, 0) is 16.7 Å². The van der Waals surface area contributed by atoms with E-state index in [1.165, 1.54) is 16.7 Å². The molecule has 2 aromatic rings. The van der Waals surface area contributed by atoms with Gasteiger partial charge in [0, 0.05) is 19.6 Å². The average molecular weight is 219 g/mol. The second kappa shape index (κ2) is 4.38. The maximum atomic E-state index is 6.00. The van der Waals surface area contributed by atoms with Crippen molar-refractivity contribution in [3.05, 3.63) is 65.2 Å². The quantitative estimate of drug-likeness (QED) is 0.698. The molecule has 17 heavy (non-hydrogen) atoms. The van der Waals surface area contributed by atoms with Gasteiger partial charge in [-0.2, -0.15) is 0 Å². The van der Waals surface area contributed by atoms with Crippen LogP contribution in [0.2, 0.25) is 0 Å². The Kier molecular flexibility index (Phi) is 2.73. The van der Waals surface area contributed by atoms with Gasteiger partial charge < -0.3 is 0 Å². The molecule has 2 radical (unpaired) electrons. The summed E-state index contributed by atoms with van der Waals surface area (Å²) in [5, 5.41) is 0. The van der Waals surface area contributed by atoms with Gasteiger partial charge in [-0.3, -0.25) is 4.90 Å². The molecule has 0 aliphatic carbocycles. The van der Waals surface area contributed by atoms with Crippen LogP contribution in [-0.4, -0.2) is 12.7 Å². The lowest BCUT2D eigenvalue weighted by molar-refractivity contribution is 0.276. The van der Waals surface area contributed by atoms with Crippen LogP contribution in [0.15, 0.2) is 48.5 Å². The fraction of sp³-hybridized carbons (Fsp3) is 0.200. The smallest absolute Gasteiger partial charge is 0.114 e. The van der Waals surface area contributed by atoms with Gasteiger partial charge in [-0.1, -0.05) is 54.0 Å². The van der Waals surface area contributed by atoms with Crippen LogP contribution < -0.4 is 5.46 Å². The minimum atomic E-state index is 0.929. The lowest BCUT2D eigenvalue weighted by Gasteiger charge is -2.14. The van der Waals surface area contributed by atoms with Gasteiger partial charge in [0.2, 0.25) is 0 Å². The molecule has 1 aliphatic heterocycles. The monoisotopic (exact) mass is 219 g/mol. The molecule has 0 saturated carbocycles. The number of nitrogens with zero attached hydrogens (tertiary/aromatic N) is 1. The van der Waals surface area contributed by atoms with E-state index in [0.29, 0.717) is 0 Å². The molecular formula is C15H14BN. The first-order valence-corrected chi connectivity index (χ1v) is 5.95. The number of rotatable bonds is 2. The summed E-state index contributed by atoms with van der Waals surface area (Å²) in [4.78, 5) is 2.43. The zero-order chi connectivity index (χ0) is 11.7. The summed E-state index contributed by atoms with van der Waals surface area (Å²) in [5.41, 5.74) is 4.97. The minimum absolute atomic E-state index is 0.929. The highest BCUT2D eigenvalue weighted by molar-refractivity contribution is 6.33. The van der Waals surface area contributed by atoms with E-state index in [-0.39, 0.29) is 0 Å². The zero-order valence-electron chi connectivity index (χ0n) is 9.76. The Morgan fingerprint density at radius 2 is 1.76 bits per heavy atom. The summed E-state index contributed by atoms with van der Waals surface area (Å²) in [6, 6.07) is 16.8. The van der Waals surface area contributed by atoms with Crippen LogP contribution in [-0.2, 0) is 19.6 Å². The predicted octanol–water partition coefficient (Wildman–Crippen LogP) is 2.00. The Morgan fingerprint density at radius 1 is 0.941 bits per heavy atom. The van der Waals surface area contributed by atoms with E-state index in [2.05, 4.69) is 41.3 Å². The van der Waals surface area contributed by atoms with E-state index in [1.807, 2.05) is 12.1 Å². The van der Waals surface area contributed by atoms with Gasteiger partial charge in [0.15, 0.2) is 0 Å². The van der Waals surface area contributed by atoms with Crippen LogP contribution in [0.1, 0.15) is 16.7 Å². The third-order valence-corrected chi connectivity index (χ3v) is 3.33. The lowest BCUT2D eigenvalue weighted by Crippen LogP contribution is -2.17. The lowest BCUT2D eigenvalue weighted by atomic mass is 9.89. The third kappa shape index (κ3) is 2.13. The summed E-state index contributed by atoms with van der Waals surface area (Å²) in [6.45, 7) is 2.97. The van der Waals surface area contributed by atoms with Gasteiger partial charge in [0.25, 0.3) is 0 Å². The highest BCUT2D eigenvalue weighted by Crippen LogP contribution is 2.22. The molecule has 0 bridgehead atoms. The van der Waals surface area contributed by atoms with E-state index >= 15 is 0 Å². The SMILES string of the molecule is [B]c1cccc2c1CN(Cc1ccccc1)C2. The minimum Gasteiger partial charge on any atom is -0.291 e. The second-order valence-corrected chi connectivity index (χ2v) is 4.62. The molecule has 3 rings (SSSR count). The Balaban J connectivity index is 1.77. The van der Waals surface area contributed by atoms with Crippen molar-refractivity contribution in [2.75, 3.05) is 0 Å². The predicted molar refractivity (Wildman–Crippen MR) is 71.2 cm³/mol. The molecule has 2 aromatic carbocycles. The van der Waals surface area contributed by atoms with Gasteiger partial charge in [-0.25, -0.2) is 0 Å². The highest BCUT2D eigenvalue weighted by Gasteiger charge is 2.19. The largest absolute Gasteiger partial charge is 0.291 e. The van der Waals surface area contributed by atoms with E-state index in [0.717, 1.165) is 25.1 Å². The zero-order valence-corrected chi connectivity index (χ0v) is 9.76. The maximum absolute atomic E-state index is 6.00. The van der Waals surface area contributed by atoms with Crippen molar-refractivity contribution in [3.8, 4) is 0 Å². The highest BCUT2D eigenvalue weighted by atomic mass is 15.1. The van der Waals surface area contributed by atoms with E-state index in [9.17, 15) is 0 Å². The number of fused-ring (bicyclic) bond motifs is 1. The molecule has 1 nitrogen and oxygen atoms in total. The molecular weight excluding hydrogens is 205 g/mol. The summed E-state index contributed by atoms with van der Waals surface area (Å²) < 4.78 is 0. The fourth-order valence-electron chi connectivity index (χ4n) is 2.47. The van der Waals surface area contributed by atoms with Crippen LogP contribution >= 0.6 is 0 Å². The van der Waals surface area contributed by atoms with Gasteiger partial charge >= 0.3 is 0 Å². The molecule has 1 aliphatic rings. The molecule has 0 amide bonds. The Labute approximate surface area is 103 Å². The number of hydrogen-bond acceptors (Lipinski definition) is 1. The van der Waals surface area contributed by atoms with Crippen molar-refractivity contribution >= 4 is 13.3 Å². The molecule has 0 atom stereocenters. The molecule has 0 saturated heterocycles. The normalized spacial score (nSPS) is 14.8. The average Bonchev–Trinajstić information content (AvgIpc) is 2.74. The second-order valence-electron chi connectivity index (χ2n) is 4.62. The molecule has 0 spiro atoms. The van der Waals surface area contributed by atoms with Crippen LogP contribution in [0.5, 0.6) is 0 Å². The first-order valence-electron chi connectivity index (χ1n) is 5.95. The Hall–Kier alpha value is -1.54. The molecule has 82 valence electrons. The molecule has 1 heterocycles. The fourth-order valence-corrected chi connectivity index (χ4v) is 2.47. The van der Waals surface area contributed by atoms with Crippen molar-refractivity contribution in [2.45, 2.75) is 19.6 Å². The summed E-state index contributed by atoms with van der Waals surface area (Å²) >= 11 is 0. The van der Waals surface area contributed by atoms with Gasteiger partial charge in [0.1, 0.15) is 7.85 Å². The maximum Gasteiger partial charge on any atom is 0.114 e. The van der Waals surface area contributed by atoms with E-state index in [4.69, 9.17) is 7.85 Å². The van der Waals surface area contributed by atoms with Crippen LogP contribution in [0.3, 0.4) is 0 Å². The summed E-state index contributed by atoms with van der Waals surface area (Å²) in [6.07, 6.45) is 0. The molecule has 0 aromatic heterocycles. The van der Waals surface area contributed by atoms with Crippen LogP contribution in [0.25, 0.3) is 0 Å². The molecule has 0 N–H and O–H groups in total. The van der Waals surface area contributed by atoms with Crippen LogP contribution in [0, 0.1) is 0 Å². The first kappa shape index (κ1) is 10.6. The third-order valence-electron chi connectivity index (χ3n) is 3.33. The molecule has 0 unspecified atom stereocenters. The van der Waals surface area contributed by atoms with Crippen LogP contribution in [0.4, 0.5) is 0 Å². The van der Waals surface area contributed by atoms with Crippen molar-refractivity contribution in [1.82, 2.24) is 4.90 Å². The standard InChI is InChI=1S/C15H14BN/c16-15-8-4-7-13-10-17(11-14(13)15)9-12-5-2-1-3-6-12/h1-8H,9-11H2. The van der Waals surface area contributed by atoms with Crippen molar-refractivity contribution in [1.29, 1.82) is 0 Å². The van der Waals surface area contributed by atoms with Crippen molar-refractivity contribution in [2.24, 2.45) is 0 Å². The topological polar surface area (TPSA) is 3.24 Å². The van der Waals surface area contributed by atoms with Crippen molar-refractivity contribution < 1.29 is 0 Å². The van der Waals surface area contributed by atoms with Crippen molar-refractivity contribution in [3.63, 3.8) is 0 Å². The number of benzene rings is 2. The molecule has 0 fully saturated rings. The summed E-state index contributed by atoms with van der Waals surface area (Å²) in [5.74, 6) is 0. The summed E-state index contributed by atoms with van der Waals surface area (Å²) in [7, 11) is 6.00. The van der Waals surface area contributed by atoms with Gasteiger partial charge in [-0.15, -0.1) is 0 Å². The van der Waals surface area contributed by atoms with E-state index < -0.39 is 0 Å². The number of hydrogen-bond donors (Lipinski definition) is 0. The Morgan fingerprint density at radius 3 is 2.53 bits per heavy atom.